The Hall–Kier alpha value is -2.51. The van der Waals surface area contributed by atoms with Crippen molar-refractivity contribution >= 4 is 40.0 Å². The molecule has 0 spiro atoms. The van der Waals surface area contributed by atoms with Gasteiger partial charge < -0.3 is 14.5 Å². The topological polar surface area (TPSA) is 68.5 Å². The Morgan fingerprint density at radius 3 is 2.59 bits per heavy atom. The second-order valence-corrected chi connectivity index (χ2v) is 8.07. The van der Waals surface area contributed by atoms with E-state index in [1.807, 2.05) is 44.2 Å². The molecule has 0 aliphatic rings. The third-order valence-electron chi connectivity index (χ3n) is 4.01. The Labute approximate surface area is 165 Å². The zero-order chi connectivity index (χ0) is 19.4. The summed E-state index contributed by atoms with van der Waals surface area (Å²) < 4.78 is 10.5. The first-order valence-corrected chi connectivity index (χ1v) is 10.1. The van der Waals surface area contributed by atoms with Crippen molar-refractivity contribution in [3.63, 3.8) is 0 Å². The molecule has 0 atom stereocenters. The third kappa shape index (κ3) is 4.43. The minimum Gasteiger partial charge on any atom is -0.465 e. The summed E-state index contributed by atoms with van der Waals surface area (Å²) in [6.45, 7) is 3.73. The number of carbonyl (C=O) groups is 2. The molecule has 0 bridgehead atoms. The number of anilines is 1. The molecule has 1 aromatic carbocycles. The molecule has 0 saturated carbocycles. The highest BCUT2D eigenvalue weighted by molar-refractivity contribution is 7.98. The molecule has 1 amide bonds. The van der Waals surface area contributed by atoms with E-state index < -0.39 is 11.9 Å². The molecule has 140 valence electrons. The lowest BCUT2D eigenvalue weighted by atomic mass is 10.1. The van der Waals surface area contributed by atoms with Crippen LogP contribution >= 0.6 is 23.1 Å². The quantitative estimate of drug-likeness (QED) is 0.449. The summed E-state index contributed by atoms with van der Waals surface area (Å²) in [5.74, 6) is 0.685. The molecule has 5 nitrogen and oxygen atoms in total. The number of hydrogen-bond acceptors (Lipinski definition) is 6. The Morgan fingerprint density at radius 1 is 1.15 bits per heavy atom. The van der Waals surface area contributed by atoms with E-state index in [2.05, 4.69) is 5.32 Å². The predicted octanol–water partition coefficient (Wildman–Crippen LogP) is 5.29. The van der Waals surface area contributed by atoms with Gasteiger partial charge in [-0.3, -0.25) is 4.79 Å². The minimum atomic E-state index is -0.466. The van der Waals surface area contributed by atoms with Crippen LogP contribution in [0.2, 0.25) is 0 Å². The van der Waals surface area contributed by atoms with Crippen molar-refractivity contribution < 1.29 is 18.7 Å². The standard InChI is InChI=1S/C20H19NO4S2/c1-12-13(2)27-19(17(12)20(23)24-3)21-18(22)16-10-9-14(25-16)11-26-15-7-5-4-6-8-15/h4-10H,11H2,1-3H3,(H,21,22). The number of thioether (sulfide) groups is 1. The lowest BCUT2D eigenvalue weighted by Crippen LogP contribution is -2.13. The molecule has 0 saturated heterocycles. The van der Waals surface area contributed by atoms with Crippen LogP contribution in [0.5, 0.6) is 0 Å². The van der Waals surface area contributed by atoms with Gasteiger partial charge in [0.2, 0.25) is 0 Å². The van der Waals surface area contributed by atoms with Crippen molar-refractivity contribution in [3.8, 4) is 0 Å². The summed E-state index contributed by atoms with van der Waals surface area (Å²) in [6.07, 6.45) is 0. The number of esters is 1. The number of methoxy groups -OCH3 is 1. The van der Waals surface area contributed by atoms with E-state index in [0.717, 1.165) is 15.3 Å². The van der Waals surface area contributed by atoms with Gasteiger partial charge in [0, 0.05) is 9.77 Å². The predicted molar refractivity (Wildman–Crippen MR) is 108 cm³/mol. The van der Waals surface area contributed by atoms with Gasteiger partial charge in [-0.2, -0.15) is 0 Å². The molecule has 0 aliphatic heterocycles. The minimum absolute atomic E-state index is 0.207. The summed E-state index contributed by atoms with van der Waals surface area (Å²) in [4.78, 5) is 26.6. The van der Waals surface area contributed by atoms with E-state index in [-0.39, 0.29) is 5.76 Å². The van der Waals surface area contributed by atoms with Crippen LogP contribution in [0, 0.1) is 13.8 Å². The molecule has 0 fully saturated rings. The molecule has 2 aromatic heterocycles. The normalized spacial score (nSPS) is 10.6. The Morgan fingerprint density at radius 2 is 1.89 bits per heavy atom. The van der Waals surface area contributed by atoms with Gasteiger partial charge in [0.05, 0.1) is 18.4 Å². The maximum Gasteiger partial charge on any atom is 0.341 e. The highest BCUT2D eigenvalue weighted by Gasteiger charge is 2.23. The van der Waals surface area contributed by atoms with Crippen LogP contribution in [0.4, 0.5) is 5.00 Å². The van der Waals surface area contributed by atoms with E-state index in [1.54, 1.807) is 23.9 Å². The van der Waals surface area contributed by atoms with Crippen LogP contribution in [0.1, 0.15) is 37.1 Å². The van der Waals surface area contributed by atoms with Gasteiger partial charge >= 0.3 is 5.97 Å². The van der Waals surface area contributed by atoms with Gasteiger partial charge in [-0.15, -0.1) is 23.1 Å². The summed E-state index contributed by atoms with van der Waals surface area (Å²) in [5.41, 5.74) is 1.20. The third-order valence-corrected chi connectivity index (χ3v) is 6.17. The van der Waals surface area contributed by atoms with Crippen molar-refractivity contribution in [2.45, 2.75) is 24.5 Å². The Bertz CT molecular complexity index is 960. The van der Waals surface area contributed by atoms with Crippen molar-refractivity contribution in [2.24, 2.45) is 0 Å². The Kier molecular flexibility index (Phi) is 6.03. The molecule has 27 heavy (non-hydrogen) atoms. The first kappa shape index (κ1) is 19.3. The number of benzene rings is 1. The van der Waals surface area contributed by atoms with Crippen LogP contribution < -0.4 is 5.32 Å². The average molecular weight is 402 g/mol. The first-order valence-electron chi connectivity index (χ1n) is 8.25. The molecule has 0 aliphatic carbocycles. The van der Waals surface area contributed by atoms with Crippen molar-refractivity contribution in [1.29, 1.82) is 0 Å². The van der Waals surface area contributed by atoms with Gasteiger partial charge in [-0.05, 0) is 43.7 Å². The first-order chi connectivity index (χ1) is 13.0. The monoisotopic (exact) mass is 401 g/mol. The average Bonchev–Trinajstić information content (AvgIpc) is 3.25. The fraction of sp³-hybridized carbons (Fsp3) is 0.200. The molecule has 7 heteroatoms. The molecule has 0 radical (unpaired) electrons. The number of thiophene rings is 1. The van der Waals surface area contributed by atoms with Crippen LogP contribution in [-0.4, -0.2) is 19.0 Å². The fourth-order valence-corrected chi connectivity index (χ4v) is 4.33. The zero-order valence-electron chi connectivity index (χ0n) is 15.2. The van der Waals surface area contributed by atoms with Gasteiger partial charge in [0.15, 0.2) is 5.76 Å². The van der Waals surface area contributed by atoms with Crippen LogP contribution in [0.25, 0.3) is 0 Å². The molecule has 3 rings (SSSR count). The Balaban J connectivity index is 1.70. The molecule has 1 N–H and O–H groups in total. The molecular formula is C20H19NO4S2. The number of aryl methyl sites for hydroxylation is 1. The van der Waals surface area contributed by atoms with Crippen LogP contribution in [-0.2, 0) is 10.5 Å². The highest BCUT2D eigenvalue weighted by Crippen LogP contribution is 2.33. The van der Waals surface area contributed by atoms with Gasteiger partial charge in [-0.25, -0.2) is 4.79 Å². The summed E-state index contributed by atoms with van der Waals surface area (Å²) in [7, 11) is 1.32. The van der Waals surface area contributed by atoms with E-state index in [9.17, 15) is 9.59 Å². The number of nitrogens with one attached hydrogen (secondary N) is 1. The van der Waals surface area contributed by atoms with E-state index in [0.29, 0.717) is 22.1 Å². The maximum absolute atomic E-state index is 12.5. The fourth-order valence-electron chi connectivity index (χ4n) is 2.48. The van der Waals surface area contributed by atoms with Gasteiger partial charge in [0.1, 0.15) is 10.8 Å². The maximum atomic E-state index is 12.5. The lowest BCUT2D eigenvalue weighted by molar-refractivity contribution is 0.0601. The molecular weight excluding hydrogens is 382 g/mol. The number of carbonyl (C=O) groups excluding carboxylic acids is 2. The smallest absolute Gasteiger partial charge is 0.341 e. The second kappa shape index (κ2) is 8.45. The van der Waals surface area contributed by atoms with Crippen molar-refractivity contribution in [3.05, 3.63) is 70.0 Å². The SMILES string of the molecule is COC(=O)c1c(NC(=O)c2ccc(CSc3ccccc3)o2)sc(C)c1C. The van der Waals surface area contributed by atoms with Crippen molar-refractivity contribution in [1.82, 2.24) is 0 Å². The number of furan rings is 1. The molecule has 0 unspecified atom stereocenters. The van der Waals surface area contributed by atoms with Crippen LogP contribution in [0.15, 0.2) is 51.8 Å². The largest absolute Gasteiger partial charge is 0.465 e. The highest BCUT2D eigenvalue weighted by atomic mass is 32.2. The number of hydrogen-bond donors (Lipinski definition) is 1. The summed E-state index contributed by atoms with van der Waals surface area (Å²) >= 11 is 2.98. The summed E-state index contributed by atoms with van der Waals surface area (Å²) in [6, 6.07) is 13.4. The van der Waals surface area contributed by atoms with Gasteiger partial charge in [-0.1, -0.05) is 18.2 Å². The number of rotatable bonds is 6. The van der Waals surface area contributed by atoms with E-state index >= 15 is 0 Å². The summed E-state index contributed by atoms with van der Waals surface area (Å²) in [5, 5.41) is 3.24. The lowest BCUT2D eigenvalue weighted by Gasteiger charge is -2.04. The van der Waals surface area contributed by atoms with E-state index in [1.165, 1.54) is 18.4 Å². The number of amides is 1. The van der Waals surface area contributed by atoms with Crippen LogP contribution in [0.3, 0.4) is 0 Å². The molecule has 3 aromatic rings. The van der Waals surface area contributed by atoms with Gasteiger partial charge in [0.25, 0.3) is 5.91 Å². The van der Waals surface area contributed by atoms with Crippen molar-refractivity contribution in [2.75, 3.05) is 12.4 Å². The molecule has 2 heterocycles. The second-order valence-electron chi connectivity index (χ2n) is 5.80. The zero-order valence-corrected chi connectivity index (χ0v) is 16.8. The van der Waals surface area contributed by atoms with E-state index in [4.69, 9.17) is 9.15 Å². The number of ether oxygens (including phenoxy) is 1.